The Balaban J connectivity index is 0.923. The van der Waals surface area contributed by atoms with Crippen molar-refractivity contribution in [3.05, 3.63) is 156 Å². The molecule has 10 rings (SSSR count). The molecule has 21 nitrogen and oxygen atoms in total. The van der Waals surface area contributed by atoms with E-state index >= 15 is 0 Å². The fourth-order valence-corrected chi connectivity index (χ4v) is 11.6. The molecule has 22 heteroatoms. The Morgan fingerprint density at radius 1 is 0.728 bits per heavy atom. The van der Waals surface area contributed by atoms with Crippen molar-refractivity contribution in [2.45, 2.75) is 81.0 Å². The second-order valence-electron chi connectivity index (χ2n) is 19.4. The largest absolute Gasteiger partial charge is 0.493 e. The molecule has 6 heterocycles. The molecule has 0 saturated carbocycles. The van der Waals surface area contributed by atoms with Crippen molar-refractivity contribution in [1.29, 1.82) is 0 Å². The van der Waals surface area contributed by atoms with Crippen molar-refractivity contribution in [2.24, 2.45) is 0 Å². The Kier molecular flexibility index (Phi) is 16.7. The van der Waals surface area contributed by atoms with Gasteiger partial charge in [0.25, 0.3) is 11.8 Å². The number of methoxy groups -OCH3 is 3. The van der Waals surface area contributed by atoms with Crippen LogP contribution in [0.25, 0.3) is 5.57 Å². The maximum Gasteiger partial charge on any atom is 0.416 e. The zero-order valence-electron chi connectivity index (χ0n) is 45.2. The van der Waals surface area contributed by atoms with Crippen LogP contribution in [-0.4, -0.2) is 128 Å². The first kappa shape index (κ1) is 56.0. The van der Waals surface area contributed by atoms with E-state index in [-0.39, 0.29) is 95.7 Å². The molecule has 1 N–H and O–H groups in total. The van der Waals surface area contributed by atoms with Crippen molar-refractivity contribution < 1.29 is 70.2 Å². The summed E-state index contributed by atoms with van der Waals surface area (Å²) >= 11 is 0. The average molecular weight is 1130 g/mol. The minimum atomic E-state index is -3.68. The lowest BCUT2D eigenvalue weighted by Crippen LogP contribution is -2.55. The first-order valence-electron chi connectivity index (χ1n) is 26.3. The molecular weight excluding hydrogens is 1060 g/mol. The molecule has 1 fully saturated rings. The standard InChI is InChI=1S/C59H62N6O15S/c1-7-25-76-58(68)64-45-32-51(49(72-4)30-42(45)54(66)62-24-23-37(28-47(62)56(64)74-6)36-19-21-41(22-20-36)81(70,71)60-3)78-34-39-15-13-16-40(61-39)35-79-52-33-46-43(31-50(52)73-5)55(67)63-44-17-10-9-14-38(44)29-48(63)57(65(46)59(69)77-26-8-2)80-53-18-11-12-27-75-53/h7-10,13-17,19-23,30-33,47-48,53,56-57,60H,1-2,11-12,18,24-29,34-35H2,3-6H3/t47-,48-,53?,56?,57?/m0/s1. The quantitative estimate of drug-likeness (QED) is 0.0817. The molecule has 1 saturated heterocycles. The van der Waals surface area contributed by atoms with E-state index in [1.807, 2.05) is 30.3 Å². The summed E-state index contributed by atoms with van der Waals surface area (Å²) < 4.78 is 82.0. The predicted molar refractivity (Wildman–Crippen MR) is 297 cm³/mol. The number of nitrogens with zero attached hydrogens (tertiary/aromatic N) is 5. The molecule has 1 aromatic heterocycles. The van der Waals surface area contributed by atoms with Crippen molar-refractivity contribution >= 4 is 56.7 Å². The molecule has 5 aromatic rings. The molecule has 5 atom stereocenters. The van der Waals surface area contributed by atoms with Gasteiger partial charge in [-0.3, -0.25) is 14.6 Å². The van der Waals surface area contributed by atoms with E-state index in [0.29, 0.717) is 36.5 Å². The lowest BCUT2D eigenvalue weighted by molar-refractivity contribution is -0.190. The number of hydrogen-bond acceptors (Lipinski definition) is 16. The molecule has 5 aliphatic heterocycles. The van der Waals surface area contributed by atoms with E-state index < -0.39 is 58.9 Å². The number of anilines is 3. The fraction of sp³-hybridized carbons (Fsp3) is 0.339. The number of nitrogens with one attached hydrogen (secondary N) is 1. The van der Waals surface area contributed by atoms with Gasteiger partial charge in [0.1, 0.15) is 26.4 Å². The molecule has 5 aliphatic rings. The number of ether oxygens (including phenoxy) is 9. The molecule has 0 bridgehead atoms. The Morgan fingerprint density at radius 3 is 1.93 bits per heavy atom. The number of pyridine rings is 1. The highest BCUT2D eigenvalue weighted by molar-refractivity contribution is 7.89. The van der Waals surface area contributed by atoms with E-state index in [1.165, 1.54) is 74.6 Å². The summed E-state index contributed by atoms with van der Waals surface area (Å²) in [5.74, 6) is -0.0133. The maximum absolute atomic E-state index is 14.9. The summed E-state index contributed by atoms with van der Waals surface area (Å²) in [5, 5.41) is 0. The van der Waals surface area contributed by atoms with Gasteiger partial charge in [-0.05, 0) is 98.3 Å². The summed E-state index contributed by atoms with van der Waals surface area (Å²) in [6.07, 6.45) is 3.38. The molecular formula is C59H62N6O15S. The first-order chi connectivity index (χ1) is 39.3. The number of amides is 4. The van der Waals surface area contributed by atoms with E-state index in [0.717, 1.165) is 29.5 Å². The smallest absolute Gasteiger partial charge is 0.416 e. The summed E-state index contributed by atoms with van der Waals surface area (Å²) in [4.78, 5) is 69.0. The molecule has 3 unspecified atom stereocenters. The van der Waals surface area contributed by atoms with Gasteiger partial charge in [0.15, 0.2) is 41.7 Å². The number of rotatable bonds is 18. The van der Waals surface area contributed by atoms with Gasteiger partial charge in [-0.1, -0.05) is 67.8 Å². The number of para-hydroxylation sites is 1. The number of hydrogen-bond donors (Lipinski definition) is 1. The molecule has 0 spiro atoms. The predicted octanol–water partition coefficient (Wildman–Crippen LogP) is 8.16. The van der Waals surface area contributed by atoms with Gasteiger partial charge in [-0.25, -0.2) is 32.5 Å². The number of carbonyl (C=O) groups excluding carboxylic acids is 4. The van der Waals surface area contributed by atoms with Crippen LogP contribution in [0.2, 0.25) is 0 Å². The molecule has 424 valence electrons. The van der Waals surface area contributed by atoms with Gasteiger partial charge in [-0.2, -0.15) is 0 Å². The third kappa shape index (κ3) is 11.2. The normalized spacial score (nSPS) is 20.2. The monoisotopic (exact) mass is 1130 g/mol. The Labute approximate surface area is 469 Å². The maximum atomic E-state index is 14.9. The average Bonchev–Trinajstić information content (AvgIpc) is 3.31. The number of benzene rings is 4. The molecule has 81 heavy (non-hydrogen) atoms. The van der Waals surface area contributed by atoms with Crippen LogP contribution < -0.4 is 38.4 Å². The highest BCUT2D eigenvalue weighted by Crippen LogP contribution is 2.47. The van der Waals surface area contributed by atoms with Gasteiger partial charge in [0.05, 0.1) is 65.1 Å². The summed E-state index contributed by atoms with van der Waals surface area (Å²) in [6, 6.07) is 24.1. The number of fused-ring (bicyclic) bond motifs is 6. The van der Waals surface area contributed by atoms with Crippen molar-refractivity contribution in [2.75, 3.05) is 69.4 Å². The molecule has 4 aromatic carbocycles. The van der Waals surface area contributed by atoms with Crippen molar-refractivity contribution in [3.63, 3.8) is 0 Å². The summed E-state index contributed by atoms with van der Waals surface area (Å²) in [7, 11) is 1.98. The number of sulfonamides is 1. The Hall–Kier alpha value is -8.28. The van der Waals surface area contributed by atoms with E-state index in [2.05, 4.69) is 17.9 Å². The van der Waals surface area contributed by atoms with Crippen LogP contribution in [-0.2, 0) is 53.3 Å². The Bertz CT molecular complexity index is 3390. The third-order valence-electron chi connectivity index (χ3n) is 14.7. The minimum absolute atomic E-state index is 0.0954. The van der Waals surface area contributed by atoms with Crippen LogP contribution in [0.3, 0.4) is 0 Å². The SMILES string of the molecule is C=CCOC(=O)N1c2cc(OCc3cccc(COc4cc5c(cc4OC)C(=O)N4c6ccccc6C[C@H]4C(OC4CCCCO4)N5C(=O)OCC=C)n3)c(OC)cc2C(=O)N2CC=C(c3ccc(S(=O)(=O)NC)cc3)C[C@H]2C1OC. The fourth-order valence-electron chi connectivity index (χ4n) is 10.8. The highest BCUT2D eigenvalue weighted by atomic mass is 32.2. The van der Waals surface area contributed by atoms with Crippen LogP contribution in [0.5, 0.6) is 23.0 Å². The number of aromatic nitrogens is 1. The minimum Gasteiger partial charge on any atom is -0.493 e. The second-order valence-corrected chi connectivity index (χ2v) is 21.3. The topological polar surface area (TPSA) is 223 Å². The van der Waals surface area contributed by atoms with Gasteiger partial charge < -0.3 is 52.4 Å². The van der Waals surface area contributed by atoms with Crippen LogP contribution >= 0.6 is 0 Å². The molecule has 4 amide bonds. The van der Waals surface area contributed by atoms with E-state index in [1.54, 1.807) is 52.3 Å². The second kappa shape index (κ2) is 24.2. The van der Waals surface area contributed by atoms with Crippen molar-refractivity contribution in [1.82, 2.24) is 14.6 Å². The van der Waals surface area contributed by atoms with Crippen LogP contribution in [0.15, 0.2) is 127 Å². The molecule has 0 radical (unpaired) electrons. The van der Waals surface area contributed by atoms with Crippen LogP contribution in [0.4, 0.5) is 26.7 Å². The summed E-state index contributed by atoms with van der Waals surface area (Å²) in [5.41, 5.74) is 4.70. The lowest BCUT2D eigenvalue weighted by atomic mass is 9.93. The van der Waals surface area contributed by atoms with E-state index in [4.69, 9.17) is 47.6 Å². The molecule has 0 aliphatic carbocycles. The zero-order valence-corrected chi connectivity index (χ0v) is 46.1. The van der Waals surface area contributed by atoms with Crippen molar-refractivity contribution in [3.8, 4) is 23.0 Å². The van der Waals surface area contributed by atoms with Crippen LogP contribution in [0, 0.1) is 0 Å². The van der Waals surface area contributed by atoms with E-state index in [9.17, 15) is 27.6 Å². The Morgan fingerprint density at radius 2 is 1.35 bits per heavy atom. The van der Waals surface area contributed by atoms with Gasteiger partial charge in [-0.15, -0.1) is 0 Å². The highest BCUT2D eigenvalue weighted by Gasteiger charge is 2.50. The van der Waals surface area contributed by atoms with Gasteiger partial charge in [0.2, 0.25) is 10.0 Å². The van der Waals surface area contributed by atoms with Crippen LogP contribution in [0.1, 0.15) is 68.9 Å². The summed E-state index contributed by atoms with van der Waals surface area (Å²) in [6.45, 7) is 7.61. The number of carbonyl (C=O) groups is 4. The lowest BCUT2D eigenvalue weighted by Gasteiger charge is -2.40. The third-order valence-corrected chi connectivity index (χ3v) is 16.1. The van der Waals surface area contributed by atoms with Gasteiger partial charge in [0, 0.05) is 38.1 Å². The van der Waals surface area contributed by atoms with Gasteiger partial charge >= 0.3 is 12.2 Å². The first-order valence-corrected chi connectivity index (χ1v) is 27.8. The zero-order chi connectivity index (χ0) is 57.0.